The molecule has 0 rings (SSSR count). The predicted octanol–water partition coefficient (Wildman–Crippen LogP) is 0.131. The van der Waals surface area contributed by atoms with Crippen LogP contribution in [0.3, 0.4) is 0 Å². The van der Waals surface area contributed by atoms with E-state index in [0.717, 1.165) is 0 Å². The van der Waals surface area contributed by atoms with Crippen LogP contribution in [0.25, 0.3) is 0 Å². The summed E-state index contributed by atoms with van der Waals surface area (Å²) in [6, 6.07) is 0. The van der Waals surface area contributed by atoms with Crippen LogP contribution in [0, 0.1) is 0 Å². The summed E-state index contributed by atoms with van der Waals surface area (Å²) in [4.78, 5) is 0. The van der Waals surface area contributed by atoms with Gasteiger partial charge in [0.05, 0.1) is 18.8 Å². The molecule has 0 aromatic heterocycles. The van der Waals surface area contributed by atoms with Gasteiger partial charge < -0.3 is 15.2 Å². The lowest BCUT2D eigenvalue weighted by atomic mass is 10.3. The Kier molecular flexibility index (Phi) is 9.29. The van der Waals surface area contributed by atoms with E-state index < -0.39 is 16.9 Å². The molecule has 5 heteroatoms. The van der Waals surface area contributed by atoms with E-state index in [1.54, 1.807) is 0 Å². The molecule has 0 aromatic carbocycles. The van der Waals surface area contributed by atoms with Crippen molar-refractivity contribution in [2.75, 3.05) is 31.2 Å². The maximum atomic E-state index is 11.1. The van der Waals surface area contributed by atoms with Gasteiger partial charge in [-0.2, -0.15) is 0 Å². The quantitative estimate of drug-likeness (QED) is 0.560. The highest BCUT2D eigenvalue weighted by molar-refractivity contribution is 7.84. The largest absolute Gasteiger partial charge is 0.389 e. The number of aliphatic hydroxyl groups is 1. The molecule has 0 heterocycles. The highest BCUT2D eigenvalue weighted by Gasteiger charge is 2.05. The zero-order chi connectivity index (χ0) is 11.7. The summed E-state index contributed by atoms with van der Waals surface area (Å²) in [5.74, 6) is 1.34. The third-order valence-corrected chi connectivity index (χ3v) is 3.13. The normalized spacial score (nSPS) is 15.5. The fourth-order valence-corrected chi connectivity index (χ4v) is 1.62. The highest BCUT2D eigenvalue weighted by Crippen LogP contribution is 1.90. The first-order chi connectivity index (χ1) is 7.06. The van der Waals surface area contributed by atoms with Crippen LogP contribution >= 0.6 is 0 Å². The molecule has 0 saturated heterocycles. The summed E-state index contributed by atoms with van der Waals surface area (Å²) < 4.78 is 16.3. The van der Waals surface area contributed by atoms with Crippen molar-refractivity contribution in [2.24, 2.45) is 0 Å². The van der Waals surface area contributed by atoms with Crippen LogP contribution in [-0.4, -0.2) is 52.7 Å². The Morgan fingerprint density at radius 2 is 2.13 bits per heavy atom. The fraction of sp³-hybridized carbons (Fsp3) is 1.00. The van der Waals surface area contributed by atoms with Gasteiger partial charge in [0.25, 0.3) is 0 Å². The monoisotopic (exact) mass is 237 g/mol. The summed E-state index contributed by atoms with van der Waals surface area (Å²) in [7, 11) is -0.728. The molecule has 0 saturated carbocycles. The first-order valence-electron chi connectivity index (χ1n) is 5.41. The van der Waals surface area contributed by atoms with Crippen molar-refractivity contribution in [2.45, 2.75) is 33.0 Å². The first kappa shape index (κ1) is 15.0. The minimum Gasteiger partial charge on any atom is -0.389 e. The van der Waals surface area contributed by atoms with Gasteiger partial charge in [-0.1, -0.05) is 6.92 Å². The van der Waals surface area contributed by atoms with E-state index in [1.807, 2.05) is 20.8 Å². The first-order valence-corrected chi connectivity index (χ1v) is 6.90. The number of ether oxygens (including phenoxy) is 1. The van der Waals surface area contributed by atoms with Crippen molar-refractivity contribution in [3.05, 3.63) is 0 Å². The van der Waals surface area contributed by atoms with Gasteiger partial charge in [0.1, 0.15) is 0 Å². The zero-order valence-electron chi connectivity index (χ0n) is 9.86. The van der Waals surface area contributed by atoms with E-state index in [0.29, 0.717) is 31.2 Å². The Labute approximate surface area is 94.9 Å². The van der Waals surface area contributed by atoms with Crippen molar-refractivity contribution < 1.29 is 14.1 Å². The van der Waals surface area contributed by atoms with E-state index in [-0.39, 0.29) is 6.10 Å². The van der Waals surface area contributed by atoms with Crippen molar-refractivity contribution in [3.63, 3.8) is 0 Å². The second-order valence-electron chi connectivity index (χ2n) is 3.67. The molecule has 0 radical (unpaired) electrons. The average Bonchev–Trinajstić information content (AvgIpc) is 2.21. The van der Waals surface area contributed by atoms with Gasteiger partial charge in [-0.25, -0.2) is 0 Å². The molecule has 2 N–H and O–H groups in total. The van der Waals surface area contributed by atoms with Gasteiger partial charge in [0.15, 0.2) is 0 Å². The zero-order valence-corrected chi connectivity index (χ0v) is 10.7. The van der Waals surface area contributed by atoms with Crippen molar-refractivity contribution >= 4 is 10.8 Å². The minimum absolute atomic E-state index is 0.146. The molecule has 0 fully saturated rings. The van der Waals surface area contributed by atoms with Gasteiger partial charge in [0.2, 0.25) is 0 Å². The third-order valence-electron chi connectivity index (χ3n) is 1.83. The number of nitrogens with one attached hydrogen (secondary N) is 1. The lowest BCUT2D eigenvalue weighted by Crippen LogP contribution is -2.33. The van der Waals surface area contributed by atoms with Crippen LogP contribution in [0.4, 0.5) is 0 Å². The van der Waals surface area contributed by atoms with Gasteiger partial charge >= 0.3 is 0 Å². The Hall–Kier alpha value is 0.0300. The second-order valence-corrected chi connectivity index (χ2v) is 5.54. The molecule has 0 bridgehead atoms. The number of hydrogen-bond donors (Lipinski definition) is 2. The fourth-order valence-electron chi connectivity index (χ4n) is 0.961. The van der Waals surface area contributed by atoms with Gasteiger partial charge in [-0.15, -0.1) is 0 Å². The molecule has 0 amide bonds. The van der Waals surface area contributed by atoms with E-state index in [1.165, 1.54) is 0 Å². The number of rotatable bonds is 9. The lowest BCUT2D eigenvalue weighted by Gasteiger charge is -2.13. The van der Waals surface area contributed by atoms with Gasteiger partial charge in [-0.3, -0.25) is 4.21 Å². The minimum atomic E-state index is -0.728. The molecular weight excluding hydrogens is 214 g/mol. The smallest absolute Gasteiger partial charge is 0.0897 e. The summed E-state index contributed by atoms with van der Waals surface area (Å²) in [6.07, 6.45) is -0.338. The highest BCUT2D eigenvalue weighted by atomic mass is 32.2. The van der Waals surface area contributed by atoms with Crippen LogP contribution < -0.4 is 5.32 Å². The summed E-state index contributed by atoms with van der Waals surface area (Å²) in [6.45, 7) is 7.30. The molecule has 15 heavy (non-hydrogen) atoms. The number of hydrogen-bond acceptors (Lipinski definition) is 4. The molecule has 0 aromatic rings. The molecule has 92 valence electrons. The predicted molar refractivity (Wildman–Crippen MR) is 63.5 cm³/mol. The van der Waals surface area contributed by atoms with Crippen LogP contribution in [-0.2, 0) is 15.5 Å². The molecule has 2 atom stereocenters. The second kappa shape index (κ2) is 9.27. The van der Waals surface area contributed by atoms with E-state index in [2.05, 4.69) is 5.32 Å². The molecular formula is C10H23NO3S. The van der Waals surface area contributed by atoms with Gasteiger partial charge in [-0.05, 0) is 13.8 Å². The van der Waals surface area contributed by atoms with E-state index in [4.69, 9.17) is 4.74 Å². The van der Waals surface area contributed by atoms with Crippen molar-refractivity contribution in [1.82, 2.24) is 5.32 Å². The summed E-state index contributed by atoms with van der Waals surface area (Å²) >= 11 is 0. The Morgan fingerprint density at radius 1 is 1.47 bits per heavy atom. The molecule has 2 unspecified atom stereocenters. The maximum absolute atomic E-state index is 11.1. The SMILES string of the molecule is CCS(=O)CCNCC(O)COC(C)C. The summed E-state index contributed by atoms with van der Waals surface area (Å²) in [5.41, 5.74) is 0. The van der Waals surface area contributed by atoms with Crippen LogP contribution in [0.2, 0.25) is 0 Å². The Morgan fingerprint density at radius 3 is 2.67 bits per heavy atom. The molecule has 0 aliphatic heterocycles. The van der Waals surface area contributed by atoms with Crippen molar-refractivity contribution in [3.8, 4) is 0 Å². The molecule has 0 aliphatic rings. The van der Waals surface area contributed by atoms with Crippen molar-refractivity contribution in [1.29, 1.82) is 0 Å². The Bertz CT molecular complexity index is 176. The third kappa shape index (κ3) is 10.3. The maximum Gasteiger partial charge on any atom is 0.0897 e. The molecule has 0 aliphatic carbocycles. The average molecular weight is 237 g/mol. The van der Waals surface area contributed by atoms with Crippen LogP contribution in [0.5, 0.6) is 0 Å². The topological polar surface area (TPSA) is 58.6 Å². The standard InChI is InChI=1S/C10H23NO3S/c1-4-15(13)6-5-11-7-10(12)8-14-9(2)3/h9-12H,4-8H2,1-3H3. The number of aliphatic hydroxyl groups excluding tert-OH is 1. The summed E-state index contributed by atoms with van der Waals surface area (Å²) in [5, 5.41) is 12.5. The van der Waals surface area contributed by atoms with E-state index >= 15 is 0 Å². The van der Waals surface area contributed by atoms with E-state index in [9.17, 15) is 9.32 Å². The van der Waals surface area contributed by atoms with Gasteiger partial charge in [0, 0.05) is 35.4 Å². The Balaban J connectivity index is 3.31. The van der Waals surface area contributed by atoms with Crippen LogP contribution in [0.15, 0.2) is 0 Å². The molecule has 4 nitrogen and oxygen atoms in total. The molecule has 0 spiro atoms. The lowest BCUT2D eigenvalue weighted by molar-refractivity contribution is 0.00663. The van der Waals surface area contributed by atoms with Crippen LogP contribution in [0.1, 0.15) is 20.8 Å².